The van der Waals surface area contributed by atoms with E-state index in [0.29, 0.717) is 0 Å². The molecule has 0 aliphatic heterocycles. The van der Waals surface area contributed by atoms with Gasteiger partial charge >= 0.3 is 0 Å². The fourth-order valence-corrected chi connectivity index (χ4v) is 1.46. The van der Waals surface area contributed by atoms with Gasteiger partial charge in [-0.3, -0.25) is 0 Å². The number of isocyanates is 1. The van der Waals surface area contributed by atoms with Crippen molar-refractivity contribution >= 4 is 11.7 Å². The zero-order valence-corrected chi connectivity index (χ0v) is 9.32. The van der Waals surface area contributed by atoms with E-state index in [9.17, 15) is 4.79 Å². The van der Waals surface area contributed by atoms with Crippen molar-refractivity contribution in [2.75, 3.05) is 0 Å². The zero-order chi connectivity index (χ0) is 11.3. The summed E-state index contributed by atoms with van der Waals surface area (Å²) in [7, 11) is 0. The molecule has 1 rings (SSSR count). The largest absolute Gasteiger partial charge is 0.235 e. The summed E-state index contributed by atoms with van der Waals surface area (Å²) in [5.74, 6) is 0. The van der Waals surface area contributed by atoms with Crippen LogP contribution in [0.15, 0.2) is 41.4 Å². The average molecular weight is 201 g/mol. The summed E-state index contributed by atoms with van der Waals surface area (Å²) in [6.45, 7) is 5.77. The second-order valence-electron chi connectivity index (χ2n) is 4.05. The van der Waals surface area contributed by atoms with Gasteiger partial charge in [0.1, 0.15) is 0 Å². The van der Waals surface area contributed by atoms with Crippen molar-refractivity contribution in [1.29, 1.82) is 0 Å². The van der Waals surface area contributed by atoms with Gasteiger partial charge in [-0.1, -0.05) is 36.4 Å². The molecule has 15 heavy (non-hydrogen) atoms. The van der Waals surface area contributed by atoms with Crippen LogP contribution >= 0.6 is 0 Å². The minimum atomic E-state index is -0.484. The van der Waals surface area contributed by atoms with E-state index in [-0.39, 0.29) is 0 Å². The van der Waals surface area contributed by atoms with Crippen LogP contribution in [0.25, 0.3) is 5.57 Å². The Morgan fingerprint density at radius 3 is 2.47 bits per heavy atom. The number of aliphatic imine (C=N–C) groups is 1. The molecule has 0 atom stereocenters. The first-order valence-corrected chi connectivity index (χ1v) is 4.89. The van der Waals surface area contributed by atoms with Crippen molar-refractivity contribution in [3.05, 3.63) is 42.0 Å². The molecule has 2 nitrogen and oxygen atoms in total. The number of carbonyl (C=O) groups excluding carboxylic acids is 1. The number of nitrogens with zero attached hydrogens (tertiary/aromatic N) is 1. The van der Waals surface area contributed by atoms with Crippen molar-refractivity contribution in [1.82, 2.24) is 0 Å². The molecule has 1 aromatic rings. The molecular weight excluding hydrogens is 186 g/mol. The van der Waals surface area contributed by atoms with Crippen LogP contribution in [0, 0.1) is 0 Å². The molecule has 78 valence electrons. The van der Waals surface area contributed by atoms with Gasteiger partial charge in [0, 0.05) is 0 Å². The van der Waals surface area contributed by atoms with E-state index in [1.54, 1.807) is 6.08 Å². The Hall–Kier alpha value is -1.66. The number of benzene rings is 1. The van der Waals surface area contributed by atoms with E-state index in [0.717, 1.165) is 11.1 Å². The first kappa shape index (κ1) is 11.4. The van der Waals surface area contributed by atoms with Crippen LogP contribution in [0.2, 0.25) is 0 Å². The van der Waals surface area contributed by atoms with Gasteiger partial charge in [-0.2, -0.15) is 4.99 Å². The molecule has 0 aromatic heterocycles. The van der Waals surface area contributed by atoms with E-state index >= 15 is 0 Å². The number of allylic oxidation sites excluding steroid dienone is 1. The number of rotatable bonds is 3. The van der Waals surface area contributed by atoms with E-state index in [1.165, 1.54) is 0 Å². The molecule has 0 spiro atoms. The lowest BCUT2D eigenvalue weighted by atomic mass is 9.98. The van der Waals surface area contributed by atoms with Gasteiger partial charge < -0.3 is 0 Å². The van der Waals surface area contributed by atoms with Crippen molar-refractivity contribution in [3.63, 3.8) is 0 Å². The smallest absolute Gasteiger partial charge is 0.211 e. The van der Waals surface area contributed by atoms with Gasteiger partial charge in [-0.05, 0) is 31.9 Å². The fourth-order valence-electron chi connectivity index (χ4n) is 1.46. The summed E-state index contributed by atoms with van der Waals surface area (Å²) in [5, 5.41) is 0. The molecule has 2 heteroatoms. The molecular formula is C13H15NO. The van der Waals surface area contributed by atoms with Crippen molar-refractivity contribution in [3.8, 4) is 0 Å². The molecule has 0 unspecified atom stereocenters. The molecule has 0 amide bonds. The van der Waals surface area contributed by atoms with Crippen LogP contribution in [0.5, 0.6) is 0 Å². The molecule has 0 fully saturated rings. The first-order valence-electron chi connectivity index (χ1n) is 4.89. The maximum absolute atomic E-state index is 10.2. The van der Waals surface area contributed by atoms with Crippen LogP contribution in [-0.4, -0.2) is 11.6 Å². The molecule has 0 aliphatic rings. The second kappa shape index (κ2) is 4.72. The SMILES string of the molecule is CC(=CC(C)(C)N=C=O)c1ccccc1. The Bertz CT molecular complexity index is 398. The Morgan fingerprint density at radius 2 is 1.93 bits per heavy atom. The van der Waals surface area contributed by atoms with Crippen molar-refractivity contribution < 1.29 is 4.79 Å². The minimum Gasteiger partial charge on any atom is -0.211 e. The third-order valence-corrected chi connectivity index (χ3v) is 2.13. The topological polar surface area (TPSA) is 29.4 Å². The van der Waals surface area contributed by atoms with Crippen LogP contribution in [0.4, 0.5) is 0 Å². The lowest BCUT2D eigenvalue weighted by Gasteiger charge is -2.13. The summed E-state index contributed by atoms with van der Waals surface area (Å²) in [6.07, 6.45) is 3.56. The van der Waals surface area contributed by atoms with Gasteiger partial charge in [0.2, 0.25) is 6.08 Å². The van der Waals surface area contributed by atoms with Crippen LogP contribution in [0.1, 0.15) is 26.3 Å². The zero-order valence-electron chi connectivity index (χ0n) is 9.32. The van der Waals surface area contributed by atoms with E-state index in [2.05, 4.69) is 4.99 Å². The third-order valence-electron chi connectivity index (χ3n) is 2.13. The van der Waals surface area contributed by atoms with Gasteiger partial charge in [0.15, 0.2) is 0 Å². The minimum absolute atomic E-state index is 0.484. The van der Waals surface area contributed by atoms with Gasteiger partial charge in [-0.15, -0.1) is 0 Å². The molecule has 0 radical (unpaired) electrons. The second-order valence-corrected chi connectivity index (χ2v) is 4.05. The highest BCUT2D eigenvalue weighted by Gasteiger charge is 2.12. The Balaban J connectivity index is 2.99. The molecule has 0 N–H and O–H groups in total. The lowest BCUT2D eigenvalue weighted by Crippen LogP contribution is -2.12. The molecule has 0 saturated heterocycles. The van der Waals surface area contributed by atoms with E-state index in [4.69, 9.17) is 0 Å². The van der Waals surface area contributed by atoms with Crippen LogP contribution < -0.4 is 0 Å². The summed E-state index contributed by atoms with van der Waals surface area (Å²) in [6, 6.07) is 10.0. The Kier molecular flexibility index (Phi) is 3.59. The Morgan fingerprint density at radius 1 is 1.33 bits per heavy atom. The number of hydrogen-bond acceptors (Lipinski definition) is 2. The predicted molar refractivity (Wildman–Crippen MR) is 62.3 cm³/mol. The van der Waals surface area contributed by atoms with E-state index in [1.807, 2.05) is 57.2 Å². The highest BCUT2D eigenvalue weighted by molar-refractivity contribution is 5.64. The van der Waals surface area contributed by atoms with Gasteiger partial charge in [0.05, 0.1) is 5.54 Å². The van der Waals surface area contributed by atoms with Crippen molar-refractivity contribution in [2.24, 2.45) is 4.99 Å². The monoisotopic (exact) mass is 201 g/mol. The van der Waals surface area contributed by atoms with Crippen molar-refractivity contribution in [2.45, 2.75) is 26.3 Å². The number of hydrogen-bond donors (Lipinski definition) is 0. The van der Waals surface area contributed by atoms with E-state index < -0.39 is 5.54 Å². The molecule has 0 aliphatic carbocycles. The molecule has 1 aromatic carbocycles. The third kappa shape index (κ3) is 3.53. The maximum atomic E-state index is 10.2. The maximum Gasteiger partial charge on any atom is 0.235 e. The molecule has 0 saturated carbocycles. The summed E-state index contributed by atoms with van der Waals surface area (Å²) < 4.78 is 0. The van der Waals surface area contributed by atoms with Gasteiger partial charge in [0.25, 0.3) is 0 Å². The summed E-state index contributed by atoms with van der Waals surface area (Å²) >= 11 is 0. The Labute approximate surface area is 90.4 Å². The fraction of sp³-hybridized carbons (Fsp3) is 0.308. The molecule has 0 heterocycles. The molecule has 0 bridgehead atoms. The quantitative estimate of drug-likeness (QED) is 0.545. The summed E-state index contributed by atoms with van der Waals surface area (Å²) in [5.41, 5.74) is 1.77. The predicted octanol–water partition coefficient (Wildman–Crippen LogP) is 3.20. The lowest BCUT2D eigenvalue weighted by molar-refractivity contribution is 0.551. The standard InChI is InChI=1S/C13H15NO/c1-11(9-13(2,3)14-10-15)12-7-5-4-6-8-12/h4-9H,1-3H3. The van der Waals surface area contributed by atoms with Gasteiger partial charge in [-0.25, -0.2) is 4.79 Å². The average Bonchev–Trinajstić information content (AvgIpc) is 2.18. The summed E-state index contributed by atoms with van der Waals surface area (Å²) in [4.78, 5) is 14.0. The van der Waals surface area contributed by atoms with Crippen LogP contribution in [0.3, 0.4) is 0 Å². The highest BCUT2D eigenvalue weighted by atomic mass is 16.1. The van der Waals surface area contributed by atoms with Crippen LogP contribution in [-0.2, 0) is 4.79 Å². The normalized spacial score (nSPS) is 12.1. The highest BCUT2D eigenvalue weighted by Crippen LogP contribution is 2.19. The first-order chi connectivity index (χ1) is 7.05.